The van der Waals surface area contributed by atoms with Crippen molar-refractivity contribution in [3.63, 3.8) is 0 Å². The lowest BCUT2D eigenvalue weighted by Crippen LogP contribution is -2.22. The highest BCUT2D eigenvalue weighted by molar-refractivity contribution is 7.35. The summed E-state index contributed by atoms with van der Waals surface area (Å²) in [6.45, 7) is 13.1. The van der Waals surface area contributed by atoms with Crippen LogP contribution in [0.1, 0.15) is 87.8 Å². The highest BCUT2D eigenvalue weighted by Gasteiger charge is 2.31. The van der Waals surface area contributed by atoms with Gasteiger partial charge in [0.05, 0.1) is 0 Å². The van der Waals surface area contributed by atoms with Crippen LogP contribution in [0.4, 0.5) is 0 Å². The van der Waals surface area contributed by atoms with E-state index in [1.54, 1.807) is 0 Å². The molecule has 0 saturated carbocycles. The van der Waals surface area contributed by atoms with Crippen LogP contribution in [0.3, 0.4) is 0 Å². The Hall–Kier alpha value is 2.41. The van der Waals surface area contributed by atoms with Gasteiger partial charge in [-0.3, -0.25) is 0 Å². The third-order valence-electron chi connectivity index (χ3n) is 6.72. The zero-order chi connectivity index (χ0) is 27.7. The summed E-state index contributed by atoms with van der Waals surface area (Å²) in [5, 5.41) is 0. The SMILES string of the molecule is CCCc1c(CCC)c(CC(C)[Si](Cl)Cl)c(CC(C)[Si](Cl)Cl)c(CC(C)[Si](Cl)Cl)c1CC(C)[Si](Cl)Cl. The van der Waals surface area contributed by atoms with Crippen molar-refractivity contribution >= 4 is 118 Å². The molecular formula is C24H38Cl8Si4. The minimum Gasteiger partial charge on any atom is -0.146 e. The molecule has 1 aromatic carbocycles. The topological polar surface area (TPSA) is 0 Å². The van der Waals surface area contributed by atoms with Crippen molar-refractivity contribution in [2.75, 3.05) is 0 Å². The third-order valence-corrected chi connectivity index (χ3v) is 19.5. The van der Waals surface area contributed by atoms with Crippen LogP contribution >= 0.6 is 88.6 Å². The summed E-state index contributed by atoms with van der Waals surface area (Å²) in [5.74, 6) is 0. The van der Waals surface area contributed by atoms with Crippen LogP contribution in [0.15, 0.2) is 0 Å². The van der Waals surface area contributed by atoms with Gasteiger partial charge in [0.25, 0.3) is 29.7 Å². The second-order valence-electron chi connectivity index (χ2n) is 9.95. The average Bonchev–Trinajstić information content (AvgIpc) is 2.79. The largest absolute Gasteiger partial charge is 0.277 e. The standard InChI is InChI=1S/C24H38Cl8Si4/c1-7-9-19-20(10-8-2)22(12-16(4)34(27)28)24(14-18(6)36(31)32)23(13-17(5)35(29)30)21(19)11-15(3)33(25)26/h15-18H,7-14H2,1-6H3. The van der Waals surface area contributed by atoms with Crippen molar-refractivity contribution in [1.29, 1.82) is 0 Å². The number of halogens is 8. The predicted octanol–water partition coefficient (Wildman–Crippen LogP) is 11.2. The summed E-state index contributed by atoms with van der Waals surface area (Å²) in [6, 6.07) is 0. The van der Waals surface area contributed by atoms with Crippen LogP contribution in [0.2, 0.25) is 22.2 Å². The average molecular weight is 723 g/mol. The summed E-state index contributed by atoms with van der Waals surface area (Å²) in [7, 11) is -5.99. The molecule has 0 amide bonds. The van der Waals surface area contributed by atoms with E-state index in [1.165, 1.54) is 33.4 Å². The molecule has 0 spiro atoms. The molecule has 0 nitrogen and oxygen atoms in total. The number of rotatable bonds is 16. The lowest BCUT2D eigenvalue weighted by molar-refractivity contribution is 0.748. The molecule has 0 N–H and O–H groups in total. The molecule has 12 heteroatoms. The first-order valence-corrected chi connectivity index (χ1v) is 27.0. The van der Waals surface area contributed by atoms with Gasteiger partial charge in [-0.2, -0.15) is 0 Å². The Morgan fingerprint density at radius 3 is 0.778 bits per heavy atom. The highest BCUT2D eigenvalue weighted by atomic mass is 35.7. The molecule has 1 aromatic rings. The molecule has 0 heterocycles. The fourth-order valence-electron chi connectivity index (χ4n) is 4.72. The van der Waals surface area contributed by atoms with Crippen molar-refractivity contribution in [1.82, 2.24) is 0 Å². The van der Waals surface area contributed by atoms with Crippen molar-refractivity contribution in [2.24, 2.45) is 0 Å². The van der Waals surface area contributed by atoms with Crippen molar-refractivity contribution < 1.29 is 0 Å². The van der Waals surface area contributed by atoms with Crippen molar-refractivity contribution in [2.45, 2.75) is 115 Å². The van der Waals surface area contributed by atoms with Gasteiger partial charge in [0.1, 0.15) is 0 Å². The highest BCUT2D eigenvalue weighted by Crippen LogP contribution is 2.41. The van der Waals surface area contributed by atoms with E-state index in [0.29, 0.717) is 0 Å². The molecule has 0 aromatic heterocycles. The minimum absolute atomic E-state index is 0.187. The predicted molar refractivity (Wildman–Crippen MR) is 177 cm³/mol. The van der Waals surface area contributed by atoms with Crippen LogP contribution in [0.5, 0.6) is 0 Å². The number of benzene rings is 1. The molecule has 0 aliphatic rings. The van der Waals surface area contributed by atoms with Crippen LogP contribution in [-0.2, 0) is 38.5 Å². The van der Waals surface area contributed by atoms with E-state index >= 15 is 0 Å². The van der Waals surface area contributed by atoms with Gasteiger partial charge in [-0.1, -0.05) is 54.4 Å². The minimum atomic E-state index is -1.51. The molecule has 1 rings (SSSR count). The monoisotopic (exact) mass is 718 g/mol. The molecule has 4 unspecified atom stereocenters. The normalized spacial score (nSPS) is 15.8. The van der Waals surface area contributed by atoms with Crippen LogP contribution in [0, 0.1) is 0 Å². The summed E-state index contributed by atoms with van der Waals surface area (Å²) in [6.07, 6.45) is 7.53. The Labute approximate surface area is 264 Å². The van der Waals surface area contributed by atoms with Gasteiger partial charge in [0.15, 0.2) is 0 Å². The van der Waals surface area contributed by atoms with E-state index in [2.05, 4.69) is 41.5 Å². The van der Waals surface area contributed by atoms with E-state index in [4.69, 9.17) is 88.6 Å². The van der Waals surface area contributed by atoms with Crippen molar-refractivity contribution in [3.05, 3.63) is 33.4 Å². The van der Waals surface area contributed by atoms with Gasteiger partial charge >= 0.3 is 0 Å². The molecule has 0 aliphatic carbocycles. The molecular weight excluding hydrogens is 684 g/mol. The van der Waals surface area contributed by atoms with Gasteiger partial charge in [-0.25, -0.2) is 0 Å². The van der Waals surface area contributed by atoms with Gasteiger partial charge in [-0.15, -0.1) is 88.6 Å². The Morgan fingerprint density at radius 1 is 0.417 bits per heavy atom. The Bertz CT molecular complexity index is 742. The fourth-order valence-corrected chi connectivity index (χ4v) is 8.00. The van der Waals surface area contributed by atoms with E-state index in [1.807, 2.05) is 0 Å². The maximum atomic E-state index is 6.50. The van der Waals surface area contributed by atoms with E-state index in [9.17, 15) is 0 Å². The second-order valence-corrected chi connectivity index (χ2v) is 28.3. The van der Waals surface area contributed by atoms with Gasteiger partial charge in [0.2, 0.25) is 0 Å². The molecule has 0 bridgehead atoms. The van der Waals surface area contributed by atoms with E-state index in [0.717, 1.165) is 51.4 Å². The quantitative estimate of drug-likeness (QED) is 0.118. The van der Waals surface area contributed by atoms with Gasteiger partial charge in [0, 0.05) is 0 Å². The third kappa shape index (κ3) is 11.0. The van der Waals surface area contributed by atoms with Gasteiger partial charge < -0.3 is 0 Å². The molecule has 36 heavy (non-hydrogen) atoms. The van der Waals surface area contributed by atoms with E-state index < -0.39 is 29.7 Å². The zero-order valence-electron chi connectivity index (χ0n) is 22.0. The smallest absolute Gasteiger partial charge is 0.146 e. The maximum absolute atomic E-state index is 6.50. The Kier molecular flexibility index (Phi) is 18.3. The molecule has 0 aliphatic heterocycles. The molecule has 4 atom stereocenters. The number of hydrogen-bond donors (Lipinski definition) is 0. The van der Waals surface area contributed by atoms with Crippen LogP contribution < -0.4 is 0 Å². The molecule has 0 fully saturated rings. The zero-order valence-corrected chi connectivity index (χ0v) is 32.0. The van der Waals surface area contributed by atoms with Crippen LogP contribution in [-0.4, -0.2) is 29.7 Å². The lowest BCUT2D eigenvalue weighted by atomic mass is 9.78. The second kappa shape index (κ2) is 18.1. The molecule has 0 saturated heterocycles. The van der Waals surface area contributed by atoms with Crippen LogP contribution in [0.25, 0.3) is 0 Å². The lowest BCUT2D eigenvalue weighted by Gasteiger charge is -2.31. The first kappa shape index (κ1) is 36.4. The summed E-state index contributed by atoms with van der Waals surface area (Å²) in [4.78, 5) is 0. The fraction of sp³-hybridized carbons (Fsp3) is 0.750. The first-order valence-electron chi connectivity index (χ1n) is 12.6. The molecule has 4 radical (unpaired) electrons. The maximum Gasteiger partial charge on any atom is 0.277 e. The summed E-state index contributed by atoms with van der Waals surface area (Å²) >= 11 is 52.0. The summed E-state index contributed by atoms with van der Waals surface area (Å²) < 4.78 is 0. The first-order chi connectivity index (χ1) is 16.8. The van der Waals surface area contributed by atoms with Crippen molar-refractivity contribution in [3.8, 4) is 0 Å². The molecule has 206 valence electrons. The van der Waals surface area contributed by atoms with Gasteiger partial charge in [-0.05, 0) is 94.1 Å². The number of hydrogen-bond acceptors (Lipinski definition) is 0. The Balaban J connectivity index is 4.14. The summed E-state index contributed by atoms with van der Waals surface area (Å²) in [5.41, 5.74) is 9.25. The Morgan fingerprint density at radius 2 is 0.611 bits per heavy atom. The van der Waals surface area contributed by atoms with E-state index in [-0.39, 0.29) is 22.2 Å².